The first-order valence-electron chi connectivity index (χ1n) is 4.21. The molecule has 0 fully saturated rings. The normalized spacial score (nSPS) is 9.93. The zero-order chi connectivity index (χ0) is 11.6. The average molecular weight is 211 g/mol. The summed E-state index contributed by atoms with van der Waals surface area (Å²) in [5.74, 6) is -1.84. The zero-order valence-corrected chi connectivity index (χ0v) is 7.93. The molecule has 1 rings (SSSR count). The maximum atomic E-state index is 10.7. The van der Waals surface area contributed by atoms with Gasteiger partial charge in [-0.1, -0.05) is 6.92 Å². The molecule has 0 saturated heterocycles. The van der Waals surface area contributed by atoms with E-state index in [2.05, 4.69) is 0 Å². The van der Waals surface area contributed by atoms with E-state index in [1.807, 2.05) is 0 Å². The molecule has 0 unspecified atom stereocenters. The Morgan fingerprint density at radius 3 is 2.53 bits per heavy atom. The van der Waals surface area contributed by atoms with E-state index in [0.717, 1.165) is 12.1 Å². The molecule has 0 aliphatic rings. The predicted octanol–water partition coefficient (Wildman–Crippen LogP) is 1.56. The lowest BCUT2D eigenvalue weighted by Crippen LogP contribution is -2.03. The topological polar surface area (TPSA) is 101 Å². The Hall–Kier alpha value is -2.11. The third-order valence-electron chi connectivity index (χ3n) is 2.01. The molecule has 1 aromatic rings. The summed E-state index contributed by atoms with van der Waals surface area (Å²) in [6.07, 6.45) is 0.350. The van der Waals surface area contributed by atoms with Crippen LogP contribution in [0, 0.1) is 10.1 Å². The molecular formula is C9H9NO5. The van der Waals surface area contributed by atoms with Crippen LogP contribution >= 0.6 is 0 Å². The molecule has 15 heavy (non-hydrogen) atoms. The molecule has 0 aliphatic heterocycles. The number of carbonyl (C=O) groups is 1. The molecule has 0 saturated carbocycles. The van der Waals surface area contributed by atoms with Crippen molar-refractivity contribution in [2.45, 2.75) is 13.3 Å². The van der Waals surface area contributed by atoms with Crippen LogP contribution < -0.4 is 0 Å². The van der Waals surface area contributed by atoms with Crippen LogP contribution in [0.2, 0.25) is 0 Å². The number of aromatic carboxylic acids is 1. The zero-order valence-electron chi connectivity index (χ0n) is 7.93. The molecule has 0 bridgehead atoms. The van der Waals surface area contributed by atoms with Crippen LogP contribution in [0.15, 0.2) is 12.1 Å². The third-order valence-corrected chi connectivity index (χ3v) is 2.01. The second kappa shape index (κ2) is 3.95. The first-order valence-corrected chi connectivity index (χ1v) is 4.21. The second-order valence-corrected chi connectivity index (χ2v) is 2.91. The van der Waals surface area contributed by atoms with E-state index >= 15 is 0 Å². The number of hydrogen-bond acceptors (Lipinski definition) is 4. The number of hydrogen-bond donors (Lipinski definition) is 2. The van der Waals surface area contributed by atoms with Gasteiger partial charge in [0.15, 0.2) is 5.75 Å². The lowest BCUT2D eigenvalue weighted by Gasteiger charge is -2.04. The van der Waals surface area contributed by atoms with E-state index in [-0.39, 0.29) is 5.56 Å². The lowest BCUT2D eigenvalue weighted by atomic mass is 10.0. The molecule has 0 aromatic heterocycles. The number of nitro groups is 1. The average Bonchev–Trinajstić information content (AvgIpc) is 2.16. The molecule has 6 nitrogen and oxygen atoms in total. The van der Waals surface area contributed by atoms with E-state index in [4.69, 9.17) is 5.11 Å². The van der Waals surface area contributed by atoms with Gasteiger partial charge in [-0.3, -0.25) is 10.1 Å². The quantitative estimate of drug-likeness (QED) is 0.583. The molecule has 2 N–H and O–H groups in total. The van der Waals surface area contributed by atoms with Gasteiger partial charge in [-0.25, -0.2) is 4.79 Å². The molecule has 6 heteroatoms. The van der Waals surface area contributed by atoms with Crippen molar-refractivity contribution in [2.24, 2.45) is 0 Å². The Morgan fingerprint density at radius 1 is 1.53 bits per heavy atom. The summed E-state index contributed by atoms with van der Waals surface area (Å²) in [7, 11) is 0. The number of aromatic hydroxyl groups is 1. The maximum absolute atomic E-state index is 10.7. The summed E-state index contributed by atoms with van der Waals surface area (Å²) >= 11 is 0. The number of phenolic OH excluding ortho intramolecular Hbond substituents is 1. The van der Waals surface area contributed by atoms with Crippen molar-refractivity contribution in [1.82, 2.24) is 0 Å². The van der Waals surface area contributed by atoms with Crippen LogP contribution in [0.5, 0.6) is 5.75 Å². The monoisotopic (exact) mass is 211 g/mol. The van der Waals surface area contributed by atoms with Crippen molar-refractivity contribution < 1.29 is 19.9 Å². The highest BCUT2D eigenvalue weighted by atomic mass is 16.6. The number of nitro benzene ring substituents is 1. The second-order valence-electron chi connectivity index (χ2n) is 2.91. The van der Waals surface area contributed by atoms with E-state index in [9.17, 15) is 20.0 Å². The van der Waals surface area contributed by atoms with Crippen LogP contribution in [0.4, 0.5) is 5.69 Å². The summed E-state index contributed by atoms with van der Waals surface area (Å²) in [6, 6.07) is 1.98. The van der Waals surface area contributed by atoms with Crippen LogP contribution in [0.25, 0.3) is 0 Å². The van der Waals surface area contributed by atoms with Gasteiger partial charge in [-0.05, 0) is 12.0 Å². The van der Waals surface area contributed by atoms with Gasteiger partial charge < -0.3 is 10.2 Å². The predicted molar refractivity (Wildman–Crippen MR) is 51.1 cm³/mol. The summed E-state index contributed by atoms with van der Waals surface area (Å²) in [6.45, 7) is 1.68. The fourth-order valence-corrected chi connectivity index (χ4v) is 1.26. The SMILES string of the molecule is CCc1cc([N+](=O)[O-])c(O)cc1C(=O)O. The first-order chi connectivity index (χ1) is 6.97. The van der Waals surface area contributed by atoms with Crippen LogP contribution in [0.1, 0.15) is 22.8 Å². The highest BCUT2D eigenvalue weighted by Gasteiger charge is 2.19. The number of nitrogens with zero attached hydrogens (tertiary/aromatic N) is 1. The lowest BCUT2D eigenvalue weighted by molar-refractivity contribution is -0.385. The number of benzene rings is 1. The maximum Gasteiger partial charge on any atom is 0.336 e. The minimum atomic E-state index is -1.21. The summed E-state index contributed by atoms with van der Waals surface area (Å²) < 4.78 is 0. The Labute approximate surface area is 84.9 Å². The van der Waals surface area contributed by atoms with Crippen molar-refractivity contribution in [3.05, 3.63) is 33.4 Å². The van der Waals surface area contributed by atoms with Gasteiger partial charge in [0.05, 0.1) is 10.5 Å². The largest absolute Gasteiger partial charge is 0.502 e. The molecule has 0 spiro atoms. The van der Waals surface area contributed by atoms with Crippen LogP contribution in [-0.2, 0) is 6.42 Å². The summed E-state index contributed by atoms with van der Waals surface area (Å²) in [5, 5.41) is 28.5. The van der Waals surface area contributed by atoms with E-state index in [1.54, 1.807) is 6.92 Å². The molecule has 80 valence electrons. The summed E-state index contributed by atoms with van der Waals surface area (Å²) in [4.78, 5) is 20.5. The van der Waals surface area contributed by atoms with Crippen LogP contribution in [0.3, 0.4) is 0 Å². The van der Waals surface area contributed by atoms with Crippen molar-refractivity contribution in [2.75, 3.05) is 0 Å². The number of carboxylic acids is 1. The number of rotatable bonds is 3. The molecule has 0 radical (unpaired) electrons. The number of aryl methyl sites for hydroxylation is 1. The standard InChI is InChI=1S/C9H9NO5/c1-2-5-3-7(10(14)15)8(11)4-6(5)9(12)13/h3-4,11H,2H2,1H3,(H,12,13). The molecule has 0 amide bonds. The van der Waals surface area contributed by atoms with Gasteiger partial charge in [-0.15, -0.1) is 0 Å². The van der Waals surface area contributed by atoms with Gasteiger partial charge in [0, 0.05) is 12.1 Å². The van der Waals surface area contributed by atoms with Gasteiger partial charge in [-0.2, -0.15) is 0 Å². The van der Waals surface area contributed by atoms with Crippen molar-refractivity contribution >= 4 is 11.7 Å². The molecule has 0 heterocycles. The fourth-order valence-electron chi connectivity index (χ4n) is 1.26. The third kappa shape index (κ3) is 2.04. The van der Waals surface area contributed by atoms with Gasteiger partial charge in [0.1, 0.15) is 0 Å². The van der Waals surface area contributed by atoms with Gasteiger partial charge in [0.2, 0.25) is 0 Å². The number of carboxylic acid groups (broad SMARTS) is 1. The Morgan fingerprint density at radius 2 is 2.13 bits per heavy atom. The van der Waals surface area contributed by atoms with Crippen LogP contribution in [-0.4, -0.2) is 21.1 Å². The van der Waals surface area contributed by atoms with Crippen molar-refractivity contribution in [1.29, 1.82) is 0 Å². The fraction of sp³-hybridized carbons (Fsp3) is 0.222. The Bertz CT molecular complexity index is 427. The van der Waals surface area contributed by atoms with E-state index in [0.29, 0.717) is 12.0 Å². The minimum absolute atomic E-state index is 0.111. The molecule has 0 atom stereocenters. The first kappa shape index (κ1) is 11.0. The highest BCUT2D eigenvalue weighted by molar-refractivity contribution is 5.90. The van der Waals surface area contributed by atoms with Crippen molar-refractivity contribution in [3.63, 3.8) is 0 Å². The molecule has 0 aliphatic carbocycles. The smallest absolute Gasteiger partial charge is 0.336 e. The highest BCUT2D eigenvalue weighted by Crippen LogP contribution is 2.29. The number of phenols is 1. The van der Waals surface area contributed by atoms with E-state index < -0.39 is 22.3 Å². The molecule has 1 aromatic carbocycles. The minimum Gasteiger partial charge on any atom is -0.502 e. The van der Waals surface area contributed by atoms with Gasteiger partial charge >= 0.3 is 11.7 Å². The molecular weight excluding hydrogens is 202 g/mol. The van der Waals surface area contributed by atoms with Crippen molar-refractivity contribution in [3.8, 4) is 5.75 Å². The Balaban J connectivity index is 3.42. The van der Waals surface area contributed by atoms with Gasteiger partial charge in [0.25, 0.3) is 0 Å². The Kier molecular flexibility index (Phi) is 2.89. The summed E-state index contributed by atoms with van der Waals surface area (Å²) in [5.41, 5.74) is -0.260. The van der Waals surface area contributed by atoms with E-state index in [1.165, 1.54) is 0 Å².